The monoisotopic (exact) mass is 573 g/mol. The molecule has 3 N–H and O–H groups in total. The Labute approximate surface area is 242 Å². The number of benzene rings is 2. The van der Waals surface area contributed by atoms with Crippen LogP contribution < -0.4 is 15.5 Å². The second-order valence-electron chi connectivity index (χ2n) is 11.0. The number of carbonyl (C=O) groups excluding carboxylic acids is 1. The first-order valence-corrected chi connectivity index (χ1v) is 14.4. The van der Waals surface area contributed by atoms with Gasteiger partial charge in [-0.15, -0.1) is 5.10 Å². The summed E-state index contributed by atoms with van der Waals surface area (Å²) in [5, 5.41) is 23.2. The Morgan fingerprint density at radius 1 is 1.05 bits per heavy atom. The topological polar surface area (TPSA) is 107 Å². The molecule has 2 unspecified atom stereocenters. The minimum Gasteiger partial charge on any atom is -0.385 e. The summed E-state index contributed by atoms with van der Waals surface area (Å²) < 4.78 is 7.57. The predicted octanol–water partition coefficient (Wildman–Crippen LogP) is 3.43. The lowest BCUT2D eigenvalue weighted by atomic mass is 9.84. The van der Waals surface area contributed by atoms with E-state index in [9.17, 15) is 9.90 Å². The number of hydrogen-bond acceptors (Lipinski definition) is 8. The molecule has 11 heteroatoms. The normalized spacial score (nSPS) is 22.1. The van der Waals surface area contributed by atoms with E-state index in [1.165, 1.54) is 0 Å². The van der Waals surface area contributed by atoms with Gasteiger partial charge >= 0.3 is 0 Å². The molecule has 2 aromatic heterocycles. The molecular weight excluding hydrogens is 542 g/mol. The molecule has 10 nitrogen and oxygen atoms in total. The molecule has 0 spiro atoms. The van der Waals surface area contributed by atoms with Crippen LogP contribution in [0.3, 0.4) is 0 Å². The zero-order valence-corrected chi connectivity index (χ0v) is 23.3. The van der Waals surface area contributed by atoms with Gasteiger partial charge in [-0.25, -0.2) is 4.52 Å². The van der Waals surface area contributed by atoms with Crippen molar-refractivity contribution in [2.45, 2.75) is 30.6 Å². The molecule has 2 aromatic carbocycles. The van der Waals surface area contributed by atoms with Crippen LogP contribution in [-0.2, 0) is 10.3 Å². The van der Waals surface area contributed by atoms with Crippen LogP contribution in [0.5, 0.6) is 0 Å². The first kappa shape index (κ1) is 26.2. The van der Waals surface area contributed by atoms with E-state index in [1.807, 2.05) is 71.8 Å². The minimum atomic E-state index is -0.877. The number of piperidine rings is 1. The minimum absolute atomic E-state index is 0.0264. The zero-order valence-electron chi connectivity index (χ0n) is 22.5. The molecule has 3 fully saturated rings. The van der Waals surface area contributed by atoms with Crippen LogP contribution in [0.1, 0.15) is 28.8 Å². The SMILES string of the molecule is O=C(c1ccc(Nc2nc3c(N4CCC(O)(c5ccc(Cl)cc5)CC4)cccn3n2)cc1)N1CCOC2CNCC21. The van der Waals surface area contributed by atoms with Crippen LogP contribution in [0.4, 0.5) is 17.3 Å². The lowest BCUT2D eigenvalue weighted by molar-refractivity contribution is -0.0364. The number of rotatable bonds is 5. The van der Waals surface area contributed by atoms with E-state index in [2.05, 4.69) is 20.6 Å². The number of hydrogen-bond donors (Lipinski definition) is 3. The molecule has 41 heavy (non-hydrogen) atoms. The van der Waals surface area contributed by atoms with Crippen molar-refractivity contribution in [1.29, 1.82) is 0 Å². The summed E-state index contributed by atoms with van der Waals surface area (Å²) in [5.41, 5.74) is 3.18. The van der Waals surface area contributed by atoms with Crippen LogP contribution in [0, 0.1) is 0 Å². The lowest BCUT2D eigenvalue weighted by Gasteiger charge is -2.39. The van der Waals surface area contributed by atoms with Gasteiger partial charge in [-0.2, -0.15) is 4.98 Å². The van der Waals surface area contributed by atoms with Gasteiger partial charge in [0.1, 0.15) is 0 Å². The molecule has 3 aliphatic heterocycles. The number of aromatic nitrogens is 3. The number of aliphatic hydroxyl groups is 1. The first-order chi connectivity index (χ1) is 20.0. The number of pyridine rings is 1. The van der Waals surface area contributed by atoms with Gasteiger partial charge in [0.05, 0.1) is 30.0 Å². The number of fused-ring (bicyclic) bond motifs is 2. The highest BCUT2D eigenvalue weighted by atomic mass is 35.5. The summed E-state index contributed by atoms with van der Waals surface area (Å²) in [7, 11) is 0. The summed E-state index contributed by atoms with van der Waals surface area (Å²) in [4.78, 5) is 22.2. The molecular formula is C30H32ClN7O3. The number of morpholine rings is 1. The third-order valence-electron chi connectivity index (χ3n) is 8.50. The third-order valence-corrected chi connectivity index (χ3v) is 8.75. The second kappa shape index (κ2) is 10.6. The molecule has 4 aromatic rings. The molecule has 3 saturated heterocycles. The smallest absolute Gasteiger partial charge is 0.254 e. The number of carbonyl (C=O) groups is 1. The van der Waals surface area contributed by atoms with Crippen LogP contribution >= 0.6 is 11.6 Å². The van der Waals surface area contributed by atoms with Gasteiger partial charge in [0.15, 0.2) is 5.65 Å². The van der Waals surface area contributed by atoms with Gasteiger partial charge < -0.3 is 30.3 Å². The zero-order chi connectivity index (χ0) is 28.0. The first-order valence-electron chi connectivity index (χ1n) is 14.1. The molecule has 0 saturated carbocycles. The molecule has 5 heterocycles. The summed E-state index contributed by atoms with van der Waals surface area (Å²) >= 11 is 6.04. The lowest BCUT2D eigenvalue weighted by Crippen LogP contribution is -2.53. The number of nitrogens with zero attached hydrogens (tertiary/aromatic N) is 5. The van der Waals surface area contributed by atoms with E-state index >= 15 is 0 Å². The van der Waals surface area contributed by atoms with Crippen LogP contribution in [-0.4, -0.2) is 82.0 Å². The molecule has 7 rings (SSSR count). The van der Waals surface area contributed by atoms with Gasteiger partial charge in [0, 0.05) is 55.2 Å². The van der Waals surface area contributed by atoms with Crippen molar-refractivity contribution >= 4 is 40.5 Å². The number of amides is 1. The number of nitrogens with one attached hydrogen (secondary N) is 2. The van der Waals surface area contributed by atoms with E-state index in [0.717, 1.165) is 35.7 Å². The summed E-state index contributed by atoms with van der Waals surface area (Å²) in [6.07, 6.45) is 3.14. The Kier molecular flexibility index (Phi) is 6.78. The van der Waals surface area contributed by atoms with Crippen molar-refractivity contribution in [1.82, 2.24) is 24.8 Å². The fraction of sp³-hybridized carbons (Fsp3) is 0.367. The predicted molar refractivity (Wildman–Crippen MR) is 157 cm³/mol. The fourth-order valence-electron chi connectivity index (χ4n) is 6.19. The largest absolute Gasteiger partial charge is 0.385 e. The Hall–Kier alpha value is -3.70. The van der Waals surface area contributed by atoms with Gasteiger partial charge in [0.25, 0.3) is 5.91 Å². The number of halogens is 1. The van der Waals surface area contributed by atoms with Crippen molar-refractivity contribution in [2.75, 3.05) is 49.5 Å². The Balaban J connectivity index is 1.04. The van der Waals surface area contributed by atoms with Crippen LogP contribution in [0.15, 0.2) is 66.9 Å². The fourth-order valence-corrected chi connectivity index (χ4v) is 6.32. The quantitative estimate of drug-likeness (QED) is 0.333. The van der Waals surface area contributed by atoms with Gasteiger partial charge in [-0.3, -0.25) is 4.79 Å². The maximum Gasteiger partial charge on any atom is 0.254 e. The van der Waals surface area contributed by atoms with Crippen molar-refractivity contribution in [3.8, 4) is 0 Å². The molecule has 0 aliphatic carbocycles. The Morgan fingerprint density at radius 2 is 1.83 bits per heavy atom. The van der Waals surface area contributed by atoms with Crippen molar-refractivity contribution in [3.63, 3.8) is 0 Å². The summed E-state index contributed by atoms with van der Waals surface area (Å²) in [6, 6.07) is 19.0. The maximum absolute atomic E-state index is 13.2. The molecule has 1 amide bonds. The maximum atomic E-state index is 13.2. The molecule has 3 aliphatic rings. The van der Waals surface area contributed by atoms with Gasteiger partial charge in [-0.1, -0.05) is 23.7 Å². The highest BCUT2D eigenvalue weighted by Gasteiger charge is 2.39. The summed E-state index contributed by atoms with van der Waals surface area (Å²) in [6.45, 7) is 4.09. The van der Waals surface area contributed by atoms with Gasteiger partial charge in [0.2, 0.25) is 5.95 Å². The van der Waals surface area contributed by atoms with Crippen LogP contribution in [0.2, 0.25) is 5.02 Å². The van der Waals surface area contributed by atoms with E-state index in [1.54, 1.807) is 4.52 Å². The average molecular weight is 574 g/mol. The van der Waals surface area contributed by atoms with Crippen molar-refractivity contribution in [3.05, 3.63) is 83.0 Å². The summed E-state index contributed by atoms with van der Waals surface area (Å²) in [5.74, 6) is 0.498. The van der Waals surface area contributed by atoms with Crippen LogP contribution in [0.25, 0.3) is 5.65 Å². The standard InChI is InChI=1S/C30H32ClN7O3/c31-22-7-5-21(6-8-22)30(40)11-14-36(15-12-30)24-2-1-13-38-27(24)34-29(35-38)33-23-9-3-20(4-10-23)28(39)37-16-17-41-26-19-32-18-25(26)37/h1-10,13,25-26,32,40H,11-12,14-19H2,(H,33,35). The second-order valence-corrected chi connectivity index (χ2v) is 11.4. The average Bonchev–Trinajstić information content (AvgIpc) is 3.65. The Bertz CT molecular complexity index is 1550. The van der Waals surface area contributed by atoms with Crippen molar-refractivity contribution in [2.24, 2.45) is 0 Å². The van der Waals surface area contributed by atoms with E-state index in [4.69, 9.17) is 21.3 Å². The highest BCUT2D eigenvalue weighted by Crippen LogP contribution is 2.36. The number of anilines is 3. The molecule has 212 valence electrons. The molecule has 0 radical (unpaired) electrons. The van der Waals surface area contributed by atoms with E-state index in [-0.39, 0.29) is 18.1 Å². The van der Waals surface area contributed by atoms with Crippen molar-refractivity contribution < 1.29 is 14.6 Å². The van der Waals surface area contributed by atoms with E-state index < -0.39 is 5.60 Å². The Morgan fingerprint density at radius 3 is 2.61 bits per heavy atom. The highest BCUT2D eigenvalue weighted by molar-refractivity contribution is 6.30. The number of ether oxygens (including phenoxy) is 1. The molecule has 0 bridgehead atoms. The molecule has 2 atom stereocenters. The van der Waals surface area contributed by atoms with E-state index in [0.29, 0.717) is 55.6 Å². The third kappa shape index (κ3) is 5.01. The van der Waals surface area contributed by atoms with Gasteiger partial charge in [-0.05, 0) is 66.9 Å².